The van der Waals surface area contributed by atoms with Crippen LogP contribution in [0, 0.1) is 0 Å². The van der Waals surface area contributed by atoms with Crippen LogP contribution in [0.2, 0.25) is 0 Å². The Morgan fingerprint density at radius 3 is 2.50 bits per heavy atom. The molecule has 0 spiro atoms. The maximum absolute atomic E-state index is 12.3. The molecule has 5 nitrogen and oxygen atoms in total. The molecule has 1 fully saturated rings. The molecule has 1 heterocycles. The number of sulfonamides is 1. The highest BCUT2D eigenvalue weighted by Gasteiger charge is 2.26. The zero-order valence-corrected chi connectivity index (χ0v) is 11.2. The highest BCUT2D eigenvalue weighted by atomic mass is 32.2. The fourth-order valence-electron chi connectivity index (χ4n) is 1.72. The Morgan fingerprint density at radius 1 is 1.28 bits per heavy atom. The van der Waals surface area contributed by atoms with E-state index >= 15 is 0 Å². The summed E-state index contributed by atoms with van der Waals surface area (Å²) in [4.78, 5) is 10.6. The van der Waals surface area contributed by atoms with Crippen LogP contribution in [0.3, 0.4) is 0 Å². The summed E-state index contributed by atoms with van der Waals surface area (Å²) >= 11 is 1.72. The summed E-state index contributed by atoms with van der Waals surface area (Å²) in [6.45, 7) is 0.951. The molecule has 0 aliphatic carbocycles. The Kier molecular flexibility index (Phi) is 3.94. The number of carbonyl (C=O) groups excluding carboxylic acids is 1. The number of aromatic hydroxyl groups is 1. The SMILES string of the molecule is O=Cc1ccc(S(=O)(=O)N2CCSCC2)cc1O. The summed E-state index contributed by atoms with van der Waals surface area (Å²) in [5, 5.41) is 9.53. The number of benzene rings is 1. The van der Waals surface area contributed by atoms with Gasteiger partial charge in [-0.1, -0.05) is 0 Å². The predicted octanol–water partition coefficient (Wildman–Crippen LogP) is 0.942. The molecule has 0 unspecified atom stereocenters. The molecule has 18 heavy (non-hydrogen) atoms. The Hall–Kier alpha value is -1.05. The molecule has 1 aliphatic rings. The molecule has 1 aromatic carbocycles. The second kappa shape index (κ2) is 5.29. The van der Waals surface area contributed by atoms with Gasteiger partial charge in [0, 0.05) is 30.7 Å². The summed E-state index contributed by atoms with van der Waals surface area (Å²) in [5.74, 6) is 1.24. The quantitative estimate of drug-likeness (QED) is 0.838. The molecule has 1 N–H and O–H groups in total. The first-order valence-electron chi connectivity index (χ1n) is 5.42. The van der Waals surface area contributed by atoms with Crippen LogP contribution >= 0.6 is 11.8 Å². The van der Waals surface area contributed by atoms with Crippen molar-refractivity contribution in [1.29, 1.82) is 0 Å². The molecule has 98 valence electrons. The standard InChI is InChI=1S/C11H13NO4S2/c13-8-9-1-2-10(7-11(9)14)18(15,16)12-3-5-17-6-4-12/h1-2,7-8,14H,3-6H2. The van der Waals surface area contributed by atoms with E-state index in [0.29, 0.717) is 19.4 Å². The maximum atomic E-state index is 12.3. The molecular formula is C11H13NO4S2. The minimum Gasteiger partial charge on any atom is -0.507 e. The molecule has 1 aliphatic heterocycles. The summed E-state index contributed by atoms with van der Waals surface area (Å²) in [6, 6.07) is 3.79. The molecule has 1 saturated heterocycles. The van der Waals surface area contributed by atoms with Crippen molar-refractivity contribution in [3.8, 4) is 5.75 Å². The van der Waals surface area contributed by atoms with Crippen molar-refractivity contribution in [2.45, 2.75) is 4.90 Å². The minimum absolute atomic E-state index is 0.0255. The van der Waals surface area contributed by atoms with E-state index in [9.17, 15) is 18.3 Å². The lowest BCUT2D eigenvalue weighted by Gasteiger charge is -2.25. The average molecular weight is 287 g/mol. The third-order valence-electron chi connectivity index (χ3n) is 2.74. The zero-order chi connectivity index (χ0) is 13.2. The van der Waals surface area contributed by atoms with Crippen LogP contribution in [0.25, 0.3) is 0 Å². The number of rotatable bonds is 3. The molecule has 7 heteroatoms. The van der Waals surface area contributed by atoms with E-state index < -0.39 is 10.0 Å². The number of hydrogen-bond donors (Lipinski definition) is 1. The van der Waals surface area contributed by atoms with Crippen LogP contribution in [0.1, 0.15) is 10.4 Å². The van der Waals surface area contributed by atoms with Gasteiger partial charge >= 0.3 is 0 Å². The molecule has 0 saturated carbocycles. The third kappa shape index (κ3) is 2.52. The number of phenols is 1. The zero-order valence-electron chi connectivity index (χ0n) is 9.57. The smallest absolute Gasteiger partial charge is 0.243 e. The van der Waals surface area contributed by atoms with E-state index in [1.54, 1.807) is 11.8 Å². The first-order chi connectivity index (χ1) is 8.55. The van der Waals surface area contributed by atoms with Crippen molar-refractivity contribution >= 4 is 28.1 Å². The Morgan fingerprint density at radius 2 is 1.94 bits per heavy atom. The van der Waals surface area contributed by atoms with Crippen molar-refractivity contribution in [3.63, 3.8) is 0 Å². The fraction of sp³-hybridized carbons (Fsp3) is 0.364. The monoisotopic (exact) mass is 287 g/mol. The molecular weight excluding hydrogens is 274 g/mol. The molecule has 0 bridgehead atoms. The lowest BCUT2D eigenvalue weighted by Crippen LogP contribution is -2.37. The second-order valence-electron chi connectivity index (χ2n) is 3.85. The summed E-state index contributed by atoms with van der Waals surface area (Å²) in [6.07, 6.45) is 0.489. The predicted molar refractivity (Wildman–Crippen MR) is 69.6 cm³/mol. The molecule has 0 amide bonds. The van der Waals surface area contributed by atoms with Crippen molar-refractivity contribution in [3.05, 3.63) is 23.8 Å². The van der Waals surface area contributed by atoms with Crippen LogP contribution < -0.4 is 0 Å². The number of phenolic OH excluding ortho intramolecular Hbond substituents is 1. The molecule has 2 rings (SSSR count). The van der Waals surface area contributed by atoms with E-state index in [2.05, 4.69) is 0 Å². The lowest BCUT2D eigenvalue weighted by molar-refractivity contribution is 0.112. The number of hydrogen-bond acceptors (Lipinski definition) is 5. The van der Waals surface area contributed by atoms with Gasteiger partial charge in [-0.2, -0.15) is 16.1 Å². The fourth-order valence-corrected chi connectivity index (χ4v) is 4.32. The minimum atomic E-state index is -3.57. The van der Waals surface area contributed by atoms with Gasteiger partial charge < -0.3 is 5.11 Å². The van der Waals surface area contributed by atoms with Gasteiger partial charge in [0.25, 0.3) is 0 Å². The third-order valence-corrected chi connectivity index (χ3v) is 5.57. The van der Waals surface area contributed by atoms with Crippen LogP contribution in [0.5, 0.6) is 5.75 Å². The average Bonchev–Trinajstić information content (AvgIpc) is 2.39. The van der Waals surface area contributed by atoms with Gasteiger partial charge in [0.1, 0.15) is 5.75 Å². The van der Waals surface area contributed by atoms with E-state index in [-0.39, 0.29) is 16.2 Å². The van der Waals surface area contributed by atoms with Gasteiger partial charge in [0.2, 0.25) is 10.0 Å². The van der Waals surface area contributed by atoms with E-state index in [0.717, 1.165) is 17.6 Å². The van der Waals surface area contributed by atoms with E-state index in [4.69, 9.17) is 0 Å². The van der Waals surface area contributed by atoms with Crippen LogP contribution in [-0.2, 0) is 10.0 Å². The van der Waals surface area contributed by atoms with Gasteiger partial charge in [-0.3, -0.25) is 4.79 Å². The lowest BCUT2D eigenvalue weighted by atomic mass is 10.2. The largest absolute Gasteiger partial charge is 0.507 e. The molecule has 0 atom stereocenters. The number of carbonyl (C=O) groups is 1. The summed E-state index contributed by atoms with van der Waals surface area (Å²) in [7, 11) is -3.57. The van der Waals surface area contributed by atoms with E-state index in [1.807, 2.05) is 0 Å². The molecule has 1 aromatic rings. The topological polar surface area (TPSA) is 74.7 Å². The Bertz CT molecular complexity index is 550. The molecule has 0 aromatic heterocycles. The summed E-state index contributed by atoms with van der Waals surface area (Å²) < 4.78 is 25.9. The Labute approximate surface area is 110 Å². The highest BCUT2D eigenvalue weighted by molar-refractivity contribution is 7.99. The molecule has 0 radical (unpaired) electrons. The summed E-state index contributed by atoms with van der Waals surface area (Å²) in [5.41, 5.74) is 0.0862. The number of nitrogens with zero attached hydrogens (tertiary/aromatic N) is 1. The van der Waals surface area contributed by atoms with Crippen LogP contribution in [0.4, 0.5) is 0 Å². The van der Waals surface area contributed by atoms with Crippen LogP contribution in [-0.4, -0.2) is 48.7 Å². The van der Waals surface area contributed by atoms with Crippen molar-refractivity contribution in [1.82, 2.24) is 4.31 Å². The van der Waals surface area contributed by atoms with Gasteiger partial charge in [-0.05, 0) is 12.1 Å². The van der Waals surface area contributed by atoms with Gasteiger partial charge in [-0.15, -0.1) is 0 Å². The van der Waals surface area contributed by atoms with Gasteiger partial charge in [0.15, 0.2) is 6.29 Å². The number of aldehydes is 1. The van der Waals surface area contributed by atoms with E-state index in [1.165, 1.54) is 16.4 Å². The van der Waals surface area contributed by atoms with Crippen LogP contribution in [0.15, 0.2) is 23.1 Å². The first-order valence-corrected chi connectivity index (χ1v) is 8.01. The normalized spacial score (nSPS) is 17.6. The maximum Gasteiger partial charge on any atom is 0.243 e. The first kappa shape index (κ1) is 13.4. The van der Waals surface area contributed by atoms with Crippen molar-refractivity contribution in [2.24, 2.45) is 0 Å². The van der Waals surface area contributed by atoms with Gasteiger partial charge in [-0.25, -0.2) is 8.42 Å². The Balaban J connectivity index is 2.34. The van der Waals surface area contributed by atoms with Crippen molar-refractivity contribution in [2.75, 3.05) is 24.6 Å². The number of thioether (sulfide) groups is 1. The van der Waals surface area contributed by atoms with Crippen molar-refractivity contribution < 1.29 is 18.3 Å². The van der Waals surface area contributed by atoms with Gasteiger partial charge in [0.05, 0.1) is 10.5 Å². The highest BCUT2D eigenvalue weighted by Crippen LogP contribution is 2.24. The second-order valence-corrected chi connectivity index (χ2v) is 7.02.